The van der Waals surface area contributed by atoms with E-state index in [9.17, 15) is 0 Å². The lowest BCUT2D eigenvalue weighted by atomic mass is 9.78. The van der Waals surface area contributed by atoms with Crippen molar-refractivity contribution in [1.29, 1.82) is 0 Å². The highest BCUT2D eigenvalue weighted by molar-refractivity contribution is 4.71. The molecule has 1 rings (SSSR count). The molecule has 0 heteroatoms. The Balaban J connectivity index is 2.17. The summed E-state index contributed by atoms with van der Waals surface area (Å²) in [5.41, 5.74) is 0. The Morgan fingerprint density at radius 3 is 2.08 bits per heavy atom. The van der Waals surface area contributed by atoms with Gasteiger partial charge in [0.15, 0.2) is 0 Å². The van der Waals surface area contributed by atoms with Crippen molar-refractivity contribution < 1.29 is 0 Å². The first-order valence-corrected chi connectivity index (χ1v) is 6.20. The van der Waals surface area contributed by atoms with E-state index in [1.807, 2.05) is 0 Å². The average molecular weight is 182 g/mol. The molecule has 1 fully saturated rings. The van der Waals surface area contributed by atoms with Gasteiger partial charge in [-0.2, -0.15) is 0 Å². The molecule has 1 unspecified atom stereocenters. The first kappa shape index (κ1) is 11.1. The Morgan fingerprint density at radius 2 is 1.54 bits per heavy atom. The molecule has 0 amide bonds. The lowest BCUT2D eigenvalue weighted by Crippen LogP contribution is -2.15. The standard InChI is InChI=1S/C13H26/c1-11(2)9-10-12(3)13-7-5-4-6-8-13/h11-13H,4-10H2,1-3H3. The minimum atomic E-state index is 0.894. The fourth-order valence-corrected chi connectivity index (χ4v) is 2.54. The van der Waals surface area contributed by atoms with Crippen LogP contribution in [0, 0.1) is 17.8 Å². The molecule has 0 aromatic heterocycles. The summed E-state index contributed by atoms with van der Waals surface area (Å²) in [6.07, 6.45) is 10.4. The molecule has 1 aliphatic rings. The predicted molar refractivity (Wildman–Crippen MR) is 59.8 cm³/mol. The van der Waals surface area contributed by atoms with E-state index in [-0.39, 0.29) is 0 Å². The van der Waals surface area contributed by atoms with Crippen LogP contribution in [0.5, 0.6) is 0 Å². The fraction of sp³-hybridized carbons (Fsp3) is 1.00. The normalized spacial score (nSPS) is 22.2. The van der Waals surface area contributed by atoms with Crippen LogP contribution in [-0.2, 0) is 0 Å². The summed E-state index contributed by atoms with van der Waals surface area (Å²) in [5.74, 6) is 2.95. The maximum absolute atomic E-state index is 2.47. The summed E-state index contributed by atoms with van der Waals surface area (Å²) in [5, 5.41) is 0. The molecule has 0 spiro atoms. The Hall–Kier alpha value is 0. The summed E-state index contributed by atoms with van der Waals surface area (Å²) < 4.78 is 0. The molecular formula is C13H26. The van der Waals surface area contributed by atoms with Crippen molar-refractivity contribution in [2.75, 3.05) is 0 Å². The van der Waals surface area contributed by atoms with E-state index in [2.05, 4.69) is 20.8 Å². The van der Waals surface area contributed by atoms with Gasteiger partial charge in [-0.25, -0.2) is 0 Å². The van der Waals surface area contributed by atoms with Gasteiger partial charge in [-0.05, 0) is 17.8 Å². The summed E-state index contributed by atoms with van der Waals surface area (Å²) in [6, 6.07) is 0. The third-order valence-corrected chi connectivity index (χ3v) is 3.65. The van der Waals surface area contributed by atoms with Gasteiger partial charge in [0, 0.05) is 0 Å². The van der Waals surface area contributed by atoms with Gasteiger partial charge in [-0.15, -0.1) is 0 Å². The molecule has 0 aromatic rings. The first-order valence-electron chi connectivity index (χ1n) is 6.20. The van der Waals surface area contributed by atoms with Gasteiger partial charge in [-0.1, -0.05) is 65.7 Å². The molecule has 1 atom stereocenters. The highest BCUT2D eigenvalue weighted by atomic mass is 14.2. The van der Waals surface area contributed by atoms with E-state index in [1.165, 1.54) is 44.9 Å². The minimum Gasteiger partial charge on any atom is -0.0628 e. The number of rotatable bonds is 4. The highest BCUT2D eigenvalue weighted by Crippen LogP contribution is 2.32. The Bertz CT molecular complexity index is 120. The minimum absolute atomic E-state index is 0.894. The quantitative estimate of drug-likeness (QED) is 0.594. The second-order valence-electron chi connectivity index (χ2n) is 5.35. The predicted octanol–water partition coefficient (Wildman–Crippen LogP) is 4.64. The molecule has 0 N–H and O–H groups in total. The molecule has 0 aliphatic heterocycles. The van der Waals surface area contributed by atoms with E-state index in [0.29, 0.717) is 0 Å². The summed E-state index contributed by atoms with van der Waals surface area (Å²) >= 11 is 0. The van der Waals surface area contributed by atoms with Gasteiger partial charge in [0.25, 0.3) is 0 Å². The van der Waals surface area contributed by atoms with Crippen LogP contribution >= 0.6 is 0 Å². The van der Waals surface area contributed by atoms with Crippen LogP contribution < -0.4 is 0 Å². The third-order valence-electron chi connectivity index (χ3n) is 3.65. The lowest BCUT2D eigenvalue weighted by molar-refractivity contribution is 0.242. The summed E-state index contributed by atoms with van der Waals surface area (Å²) in [7, 11) is 0. The van der Waals surface area contributed by atoms with E-state index in [0.717, 1.165) is 17.8 Å². The molecular weight excluding hydrogens is 156 g/mol. The molecule has 0 saturated heterocycles. The van der Waals surface area contributed by atoms with Crippen LogP contribution in [0.3, 0.4) is 0 Å². The molecule has 1 saturated carbocycles. The van der Waals surface area contributed by atoms with Crippen LogP contribution in [0.25, 0.3) is 0 Å². The molecule has 0 nitrogen and oxygen atoms in total. The monoisotopic (exact) mass is 182 g/mol. The van der Waals surface area contributed by atoms with E-state index in [1.54, 1.807) is 0 Å². The molecule has 1 aliphatic carbocycles. The smallest absolute Gasteiger partial charge is 0.0388 e. The maximum atomic E-state index is 2.47. The Morgan fingerprint density at radius 1 is 0.923 bits per heavy atom. The van der Waals surface area contributed by atoms with Crippen LogP contribution in [-0.4, -0.2) is 0 Å². The third kappa shape index (κ3) is 4.15. The number of hydrogen-bond donors (Lipinski definition) is 0. The molecule has 0 bridgehead atoms. The zero-order chi connectivity index (χ0) is 9.68. The van der Waals surface area contributed by atoms with Crippen molar-refractivity contribution >= 4 is 0 Å². The lowest BCUT2D eigenvalue weighted by Gasteiger charge is -2.28. The van der Waals surface area contributed by atoms with Crippen LogP contribution in [0.1, 0.15) is 65.7 Å². The van der Waals surface area contributed by atoms with Crippen molar-refractivity contribution in [3.8, 4) is 0 Å². The zero-order valence-electron chi connectivity index (χ0n) is 9.68. The molecule has 78 valence electrons. The van der Waals surface area contributed by atoms with Crippen molar-refractivity contribution in [3.05, 3.63) is 0 Å². The summed E-state index contributed by atoms with van der Waals surface area (Å²) in [6.45, 7) is 7.15. The second kappa shape index (κ2) is 5.67. The van der Waals surface area contributed by atoms with Gasteiger partial charge in [0.2, 0.25) is 0 Å². The van der Waals surface area contributed by atoms with Gasteiger partial charge in [-0.3, -0.25) is 0 Å². The van der Waals surface area contributed by atoms with Crippen LogP contribution in [0.4, 0.5) is 0 Å². The molecule has 0 radical (unpaired) electrons. The van der Waals surface area contributed by atoms with Crippen molar-refractivity contribution in [1.82, 2.24) is 0 Å². The molecule has 0 aromatic carbocycles. The van der Waals surface area contributed by atoms with Gasteiger partial charge >= 0.3 is 0 Å². The fourth-order valence-electron chi connectivity index (χ4n) is 2.54. The largest absolute Gasteiger partial charge is 0.0628 e. The Kier molecular flexibility index (Phi) is 4.83. The van der Waals surface area contributed by atoms with E-state index in [4.69, 9.17) is 0 Å². The summed E-state index contributed by atoms with van der Waals surface area (Å²) in [4.78, 5) is 0. The topological polar surface area (TPSA) is 0 Å². The second-order valence-corrected chi connectivity index (χ2v) is 5.35. The first-order chi connectivity index (χ1) is 6.20. The van der Waals surface area contributed by atoms with Gasteiger partial charge < -0.3 is 0 Å². The zero-order valence-corrected chi connectivity index (χ0v) is 9.68. The van der Waals surface area contributed by atoms with Crippen LogP contribution in [0.15, 0.2) is 0 Å². The van der Waals surface area contributed by atoms with E-state index >= 15 is 0 Å². The van der Waals surface area contributed by atoms with Crippen LogP contribution in [0.2, 0.25) is 0 Å². The molecule has 13 heavy (non-hydrogen) atoms. The van der Waals surface area contributed by atoms with Gasteiger partial charge in [0.1, 0.15) is 0 Å². The van der Waals surface area contributed by atoms with Crippen molar-refractivity contribution in [2.24, 2.45) is 17.8 Å². The van der Waals surface area contributed by atoms with Crippen molar-refractivity contribution in [3.63, 3.8) is 0 Å². The highest BCUT2D eigenvalue weighted by Gasteiger charge is 2.19. The number of hydrogen-bond acceptors (Lipinski definition) is 0. The SMILES string of the molecule is CC(C)CCC(C)C1CCCCC1. The van der Waals surface area contributed by atoms with Crippen molar-refractivity contribution in [2.45, 2.75) is 65.7 Å². The van der Waals surface area contributed by atoms with E-state index < -0.39 is 0 Å². The Labute approximate surface area is 84.1 Å². The van der Waals surface area contributed by atoms with Gasteiger partial charge in [0.05, 0.1) is 0 Å². The average Bonchev–Trinajstić information content (AvgIpc) is 2.15. The maximum Gasteiger partial charge on any atom is -0.0388 e. The molecule has 0 heterocycles.